The quantitative estimate of drug-likeness (QED) is 0.658. The molecule has 0 aromatic carbocycles. The SMILES string of the molecule is CNCCn1cc(S(=O)(=O)NC(C)CCOC)cn1. The van der Waals surface area contributed by atoms with Crippen LogP contribution in [0.1, 0.15) is 13.3 Å². The van der Waals surface area contributed by atoms with E-state index in [4.69, 9.17) is 4.74 Å². The van der Waals surface area contributed by atoms with Crippen LogP contribution in [0.2, 0.25) is 0 Å². The summed E-state index contributed by atoms with van der Waals surface area (Å²) in [5, 5.41) is 7.00. The molecule has 8 heteroatoms. The first-order chi connectivity index (χ1) is 8.99. The molecule has 0 saturated carbocycles. The van der Waals surface area contributed by atoms with Gasteiger partial charge in [0.1, 0.15) is 4.90 Å². The highest BCUT2D eigenvalue weighted by Crippen LogP contribution is 2.08. The fourth-order valence-corrected chi connectivity index (χ4v) is 2.75. The molecule has 1 atom stereocenters. The Balaban J connectivity index is 2.63. The van der Waals surface area contributed by atoms with E-state index in [1.54, 1.807) is 11.8 Å². The number of rotatable bonds is 9. The summed E-state index contributed by atoms with van der Waals surface area (Å²) in [5.41, 5.74) is 0. The zero-order valence-electron chi connectivity index (χ0n) is 11.6. The number of hydrogen-bond acceptors (Lipinski definition) is 5. The van der Waals surface area contributed by atoms with Gasteiger partial charge in [-0.05, 0) is 20.4 Å². The standard InChI is InChI=1S/C11H22N4O3S/c1-10(4-7-18-3)14-19(16,17)11-8-13-15(9-11)6-5-12-2/h8-10,12,14H,4-7H2,1-3H3. The monoisotopic (exact) mass is 290 g/mol. The first-order valence-electron chi connectivity index (χ1n) is 6.18. The Morgan fingerprint density at radius 1 is 1.53 bits per heavy atom. The van der Waals surface area contributed by atoms with Crippen LogP contribution in [-0.2, 0) is 21.3 Å². The lowest BCUT2D eigenvalue weighted by molar-refractivity contribution is 0.188. The molecule has 2 N–H and O–H groups in total. The lowest BCUT2D eigenvalue weighted by Crippen LogP contribution is -2.33. The summed E-state index contributed by atoms with van der Waals surface area (Å²) in [6, 6.07) is -0.175. The average Bonchev–Trinajstić information content (AvgIpc) is 2.83. The van der Waals surface area contributed by atoms with Crippen molar-refractivity contribution in [3.63, 3.8) is 0 Å². The Labute approximate surface area is 114 Å². The number of nitrogens with one attached hydrogen (secondary N) is 2. The maximum atomic E-state index is 12.1. The van der Waals surface area contributed by atoms with Gasteiger partial charge >= 0.3 is 0 Å². The molecule has 1 aromatic heterocycles. The summed E-state index contributed by atoms with van der Waals surface area (Å²) in [4.78, 5) is 0.188. The number of hydrogen-bond donors (Lipinski definition) is 2. The van der Waals surface area contributed by atoms with E-state index in [9.17, 15) is 8.42 Å². The second-order valence-electron chi connectivity index (χ2n) is 4.35. The lowest BCUT2D eigenvalue weighted by Gasteiger charge is -2.12. The normalized spacial score (nSPS) is 13.6. The molecule has 110 valence electrons. The van der Waals surface area contributed by atoms with Gasteiger partial charge in [-0.3, -0.25) is 4.68 Å². The maximum Gasteiger partial charge on any atom is 0.243 e. The number of ether oxygens (including phenoxy) is 1. The van der Waals surface area contributed by atoms with Crippen molar-refractivity contribution in [2.75, 3.05) is 27.3 Å². The van der Waals surface area contributed by atoms with Crippen LogP contribution in [0.3, 0.4) is 0 Å². The van der Waals surface area contributed by atoms with Crippen molar-refractivity contribution < 1.29 is 13.2 Å². The maximum absolute atomic E-state index is 12.1. The summed E-state index contributed by atoms with van der Waals surface area (Å²) >= 11 is 0. The number of likely N-dealkylation sites (N-methyl/N-ethyl adjacent to an activating group) is 1. The van der Waals surface area contributed by atoms with Gasteiger partial charge in [0.15, 0.2) is 0 Å². The van der Waals surface area contributed by atoms with Gasteiger partial charge in [-0.1, -0.05) is 0 Å². The Morgan fingerprint density at radius 2 is 2.26 bits per heavy atom. The molecule has 0 aliphatic rings. The molecule has 0 aliphatic carbocycles. The smallest absolute Gasteiger partial charge is 0.243 e. The highest BCUT2D eigenvalue weighted by molar-refractivity contribution is 7.89. The number of methoxy groups -OCH3 is 1. The number of nitrogens with zero attached hydrogens (tertiary/aromatic N) is 2. The molecule has 0 spiro atoms. The van der Waals surface area contributed by atoms with Gasteiger partial charge < -0.3 is 10.1 Å². The fourth-order valence-electron chi connectivity index (χ4n) is 1.52. The van der Waals surface area contributed by atoms with E-state index in [1.807, 2.05) is 14.0 Å². The molecule has 0 radical (unpaired) electrons. The molecule has 0 aliphatic heterocycles. The van der Waals surface area contributed by atoms with Crippen LogP contribution < -0.4 is 10.0 Å². The third kappa shape index (κ3) is 5.27. The molecule has 0 bridgehead atoms. The van der Waals surface area contributed by atoms with Crippen LogP contribution in [-0.4, -0.2) is 51.5 Å². The highest BCUT2D eigenvalue weighted by Gasteiger charge is 2.19. The topological polar surface area (TPSA) is 85.2 Å². The van der Waals surface area contributed by atoms with E-state index >= 15 is 0 Å². The van der Waals surface area contributed by atoms with Crippen LogP contribution in [0, 0.1) is 0 Å². The van der Waals surface area contributed by atoms with E-state index < -0.39 is 10.0 Å². The molecule has 1 aromatic rings. The van der Waals surface area contributed by atoms with Crippen LogP contribution >= 0.6 is 0 Å². The Morgan fingerprint density at radius 3 is 2.89 bits per heavy atom. The van der Waals surface area contributed by atoms with Crippen molar-refractivity contribution >= 4 is 10.0 Å². The molecule has 1 rings (SSSR count). The lowest BCUT2D eigenvalue weighted by atomic mass is 10.3. The first kappa shape index (κ1) is 16.1. The minimum Gasteiger partial charge on any atom is -0.385 e. The second kappa shape index (κ2) is 7.59. The highest BCUT2D eigenvalue weighted by atomic mass is 32.2. The molecule has 0 amide bonds. The predicted molar refractivity (Wildman–Crippen MR) is 72.4 cm³/mol. The third-order valence-corrected chi connectivity index (χ3v) is 4.17. The summed E-state index contributed by atoms with van der Waals surface area (Å²) in [5.74, 6) is 0. The van der Waals surface area contributed by atoms with Gasteiger partial charge in [-0.25, -0.2) is 13.1 Å². The second-order valence-corrected chi connectivity index (χ2v) is 6.06. The van der Waals surface area contributed by atoms with Crippen molar-refractivity contribution in [1.29, 1.82) is 0 Å². The van der Waals surface area contributed by atoms with E-state index in [2.05, 4.69) is 15.1 Å². The van der Waals surface area contributed by atoms with Gasteiger partial charge in [0, 0.05) is 32.5 Å². The van der Waals surface area contributed by atoms with Crippen LogP contribution in [0.4, 0.5) is 0 Å². The summed E-state index contributed by atoms with van der Waals surface area (Å²) in [7, 11) is -0.0796. The van der Waals surface area contributed by atoms with Gasteiger partial charge in [-0.15, -0.1) is 0 Å². The zero-order valence-corrected chi connectivity index (χ0v) is 12.4. The number of aromatic nitrogens is 2. The molecular weight excluding hydrogens is 268 g/mol. The van der Waals surface area contributed by atoms with Crippen molar-refractivity contribution in [1.82, 2.24) is 19.8 Å². The molecule has 1 heterocycles. The van der Waals surface area contributed by atoms with Gasteiger partial charge in [0.05, 0.1) is 12.7 Å². The Kier molecular flexibility index (Phi) is 6.43. The Hall–Kier alpha value is -0.960. The third-order valence-electron chi connectivity index (χ3n) is 2.62. The minimum atomic E-state index is -3.50. The Bertz CT molecular complexity index is 472. The van der Waals surface area contributed by atoms with Crippen molar-refractivity contribution in [2.24, 2.45) is 0 Å². The molecule has 7 nitrogen and oxygen atoms in total. The van der Waals surface area contributed by atoms with Crippen molar-refractivity contribution in [3.05, 3.63) is 12.4 Å². The predicted octanol–water partition coefficient (Wildman–Crippen LogP) is -0.194. The van der Waals surface area contributed by atoms with Gasteiger partial charge in [0.25, 0.3) is 0 Å². The van der Waals surface area contributed by atoms with Crippen LogP contribution in [0.5, 0.6) is 0 Å². The van der Waals surface area contributed by atoms with Crippen LogP contribution in [0.25, 0.3) is 0 Å². The molecule has 19 heavy (non-hydrogen) atoms. The van der Waals surface area contributed by atoms with Crippen molar-refractivity contribution in [2.45, 2.75) is 30.8 Å². The minimum absolute atomic E-state index is 0.175. The van der Waals surface area contributed by atoms with Gasteiger partial charge in [0.2, 0.25) is 10.0 Å². The average molecular weight is 290 g/mol. The molecule has 0 saturated heterocycles. The largest absolute Gasteiger partial charge is 0.385 e. The first-order valence-corrected chi connectivity index (χ1v) is 7.66. The van der Waals surface area contributed by atoms with E-state index in [0.29, 0.717) is 19.6 Å². The summed E-state index contributed by atoms with van der Waals surface area (Å²) in [6.07, 6.45) is 3.52. The van der Waals surface area contributed by atoms with Gasteiger partial charge in [-0.2, -0.15) is 5.10 Å². The molecule has 1 unspecified atom stereocenters. The zero-order chi connectivity index (χ0) is 14.3. The number of sulfonamides is 1. The van der Waals surface area contributed by atoms with E-state index in [1.165, 1.54) is 12.4 Å². The molecule has 0 fully saturated rings. The van der Waals surface area contributed by atoms with Crippen molar-refractivity contribution in [3.8, 4) is 0 Å². The fraction of sp³-hybridized carbons (Fsp3) is 0.727. The van der Waals surface area contributed by atoms with E-state index in [-0.39, 0.29) is 10.9 Å². The summed E-state index contributed by atoms with van der Waals surface area (Å²) < 4.78 is 33.3. The van der Waals surface area contributed by atoms with Crippen LogP contribution in [0.15, 0.2) is 17.3 Å². The van der Waals surface area contributed by atoms with E-state index in [0.717, 1.165) is 6.54 Å². The molecular formula is C11H22N4O3S. The summed E-state index contributed by atoms with van der Waals surface area (Å²) in [6.45, 7) is 3.69.